The summed E-state index contributed by atoms with van der Waals surface area (Å²) in [4.78, 5) is 26.2. The molecule has 4 rings (SSSR count). The van der Waals surface area contributed by atoms with Crippen molar-refractivity contribution in [1.29, 1.82) is 0 Å². The van der Waals surface area contributed by atoms with Gasteiger partial charge in [0.15, 0.2) is 0 Å². The molecule has 0 aliphatic heterocycles. The largest absolute Gasteiger partial charge is 0.352 e. The molecule has 1 aliphatic carbocycles. The van der Waals surface area contributed by atoms with Gasteiger partial charge in [0, 0.05) is 6.04 Å². The zero-order chi connectivity index (χ0) is 21.3. The molecule has 1 atom stereocenters. The zero-order valence-electron chi connectivity index (χ0n) is 17.9. The molecule has 7 nitrogen and oxygen atoms in total. The van der Waals surface area contributed by atoms with Gasteiger partial charge in [0.2, 0.25) is 5.91 Å². The van der Waals surface area contributed by atoms with Gasteiger partial charge >= 0.3 is 0 Å². The number of nitrogens with zero attached hydrogens (tertiary/aromatic N) is 4. The Balaban J connectivity index is 1.69. The fourth-order valence-electron chi connectivity index (χ4n) is 4.32. The van der Waals surface area contributed by atoms with E-state index in [9.17, 15) is 9.59 Å². The topological polar surface area (TPSA) is 81.8 Å². The second-order valence-corrected chi connectivity index (χ2v) is 8.26. The average molecular weight is 408 g/mol. The van der Waals surface area contributed by atoms with Crippen LogP contribution in [0.3, 0.4) is 0 Å². The minimum atomic E-state index is -0.677. The fraction of sp³-hybridized carbons (Fsp3) is 0.478. The number of nitrogens with one attached hydrogen (secondary N) is 1. The number of fused-ring (bicyclic) bond motifs is 1. The van der Waals surface area contributed by atoms with Gasteiger partial charge in [-0.1, -0.05) is 43.9 Å². The Bertz CT molecular complexity index is 1110. The van der Waals surface area contributed by atoms with Crippen molar-refractivity contribution in [3.8, 4) is 5.69 Å². The number of aryl methyl sites for hydroxylation is 2. The second-order valence-electron chi connectivity index (χ2n) is 8.26. The van der Waals surface area contributed by atoms with E-state index < -0.39 is 6.04 Å². The molecule has 2 heterocycles. The van der Waals surface area contributed by atoms with Crippen molar-refractivity contribution in [3.63, 3.8) is 0 Å². The van der Waals surface area contributed by atoms with Crippen LogP contribution >= 0.6 is 0 Å². The van der Waals surface area contributed by atoms with E-state index in [-0.39, 0.29) is 17.5 Å². The lowest BCUT2D eigenvalue weighted by Gasteiger charge is -2.20. The van der Waals surface area contributed by atoms with Crippen LogP contribution in [0.25, 0.3) is 16.6 Å². The molecule has 158 valence electrons. The van der Waals surface area contributed by atoms with Gasteiger partial charge in [0.25, 0.3) is 5.56 Å². The van der Waals surface area contributed by atoms with Crippen LogP contribution in [0.15, 0.2) is 35.1 Å². The van der Waals surface area contributed by atoms with Crippen LogP contribution in [0.4, 0.5) is 0 Å². The van der Waals surface area contributed by atoms with Gasteiger partial charge in [0.1, 0.15) is 11.6 Å². The predicted molar refractivity (Wildman–Crippen MR) is 117 cm³/mol. The smallest absolute Gasteiger partial charge is 0.278 e. The quantitative estimate of drug-likeness (QED) is 0.670. The summed E-state index contributed by atoms with van der Waals surface area (Å²) in [5, 5.41) is 12.7. The third-order valence-electron chi connectivity index (χ3n) is 6.09. The van der Waals surface area contributed by atoms with E-state index in [0.29, 0.717) is 16.6 Å². The molecule has 1 fully saturated rings. The third kappa shape index (κ3) is 3.76. The molecule has 0 radical (unpaired) electrons. The number of para-hydroxylation sites is 1. The van der Waals surface area contributed by atoms with Crippen molar-refractivity contribution in [2.45, 2.75) is 71.4 Å². The Morgan fingerprint density at radius 3 is 2.40 bits per heavy atom. The van der Waals surface area contributed by atoms with E-state index in [1.807, 2.05) is 44.2 Å². The molecule has 1 amide bonds. The Morgan fingerprint density at radius 1 is 1.07 bits per heavy atom. The SMILES string of the molecule is Cc1nn([C@H](C)C(=O)NC2CCCCCC2)c(=O)c2c(C)n(-c3ccccc3)nc12. The maximum atomic E-state index is 13.3. The summed E-state index contributed by atoms with van der Waals surface area (Å²) in [6, 6.07) is 9.21. The van der Waals surface area contributed by atoms with E-state index >= 15 is 0 Å². The average Bonchev–Trinajstić information content (AvgIpc) is 2.91. The van der Waals surface area contributed by atoms with Gasteiger partial charge in [-0.2, -0.15) is 10.2 Å². The number of benzene rings is 1. The number of carbonyl (C=O) groups is 1. The normalized spacial score (nSPS) is 16.4. The molecule has 2 aromatic heterocycles. The van der Waals surface area contributed by atoms with Crippen LogP contribution in [0.1, 0.15) is 62.9 Å². The highest BCUT2D eigenvalue weighted by atomic mass is 16.2. The van der Waals surface area contributed by atoms with Crippen molar-refractivity contribution >= 4 is 16.8 Å². The Labute approximate surface area is 176 Å². The van der Waals surface area contributed by atoms with E-state index in [4.69, 9.17) is 0 Å². The van der Waals surface area contributed by atoms with E-state index in [1.165, 1.54) is 17.5 Å². The second kappa shape index (κ2) is 8.42. The molecule has 1 aromatic carbocycles. The number of rotatable bonds is 4. The molecule has 7 heteroatoms. The van der Waals surface area contributed by atoms with Crippen molar-refractivity contribution in [1.82, 2.24) is 24.9 Å². The number of aromatic nitrogens is 4. The van der Waals surface area contributed by atoms with Crippen molar-refractivity contribution in [2.75, 3.05) is 0 Å². The molecular formula is C23H29N5O2. The van der Waals surface area contributed by atoms with E-state index in [2.05, 4.69) is 15.5 Å². The lowest BCUT2D eigenvalue weighted by Crippen LogP contribution is -2.42. The molecule has 1 N–H and O–H groups in total. The van der Waals surface area contributed by atoms with Crippen LogP contribution in [-0.2, 0) is 4.79 Å². The molecule has 1 saturated carbocycles. The molecule has 3 aromatic rings. The highest BCUT2D eigenvalue weighted by Crippen LogP contribution is 2.21. The fourth-order valence-corrected chi connectivity index (χ4v) is 4.32. The van der Waals surface area contributed by atoms with Crippen LogP contribution in [0, 0.1) is 13.8 Å². The number of hydrogen-bond acceptors (Lipinski definition) is 4. The summed E-state index contributed by atoms with van der Waals surface area (Å²) >= 11 is 0. The summed E-state index contributed by atoms with van der Waals surface area (Å²) in [5.41, 5.74) is 2.57. The minimum absolute atomic E-state index is 0.150. The van der Waals surface area contributed by atoms with Gasteiger partial charge in [-0.15, -0.1) is 0 Å². The van der Waals surface area contributed by atoms with Crippen molar-refractivity contribution in [3.05, 3.63) is 52.1 Å². The summed E-state index contributed by atoms with van der Waals surface area (Å²) < 4.78 is 3.08. The molecule has 0 unspecified atom stereocenters. The van der Waals surface area contributed by atoms with Gasteiger partial charge in [-0.3, -0.25) is 9.59 Å². The highest BCUT2D eigenvalue weighted by molar-refractivity contribution is 5.84. The molecule has 0 saturated heterocycles. The Kier molecular flexibility index (Phi) is 5.70. The van der Waals surface area contributed by atoms with Crippen LogP contribution in [0.5, 0.6) is 0 Å². The maximum absolute atomic E-state index is 13.3. The maximum Gasteiger partial charge on any atom is 0.278 e. The number of carbonyl (C=O) groups excluding carboxylic acids is 1. The summed E-state index contributed by atoms with van der Waals surface area (Å²) in [5.74, 6) is -0.150. The third-order valence-corrected chi connectivity index (χ3v) is 6.09. The first kappa shape index (κ1) is 20.3. The Hall–Kier alpha value is -2.96. The van der Waals surface area contributed by atoms with Gasteiger partial charge in [0.05, 0.1) is 22.5 Å². The van der Waals surface area contributed by atoms with Crippen LogP contribution in [-0.4, -0.2) is 31.5 Å². The summed E-state index contributed by atoms with van der Waals surface area (Å²) in [6.45, 7) is 5.45. The first-order chi connectivity index (χ1) is 14.5. The van der Waals surface area contributed by atoms with Crippen molar-refractivity contribution in [2.24, 2.45) is 0 Å². The van der Waals surface area contributed by atoms with Crippen molar-refractivity contribution < 1.29 is 4.79 Å². The molecule has 0 spiro atoms. The monoisotopic (exact) mass is 407 g/mol. The molecule has 1 aliphatic rings. The first-order valence-electron chi connectivity index (χ1n) is 10.8. The Morgan fingerprint density at radius 2 is 1.73 bits per heavy atom. The molecular weight excluding hydrogens is 378 g/mol. The van der Waals surface area contributed by atoms with Crippen LogP contribution < -0.4 is 10.9 Å². The van der Waals surface area contributed by atoms with E-state index in [1.54, 1.807) is 11.6 Å². The van der Waals surface area contributed by atoms with Gasteiger partial charge in [-0.25, -0.2) is 9.36 Å². The molecule has 30 heavy (non-hydrogen) atoms. The minimum Gasteiger partial charge on any atom is -0.352 e. The van der Waals surface area contributed by atoms with Gasteiger partial charge in [-0.05, 0) is 45.7 Å². The number of hydrogen-bond donors (Lipinski definition) is 1. The summed E-state index contributed by atoms with van der Waals surface area (Å²) in [6.07, 6.45) is 6.73. The number of amides is 1. The van der Waals surface area contributed by atoms with Gasteiger partial charge < -0.3 is 5.32 Å². The standard InChI is InChI=1S/C23H29N5O2/c1-15-21-20(16(2)27(26-21)19-13-9-6-10-14-19)23(30)28(25-15)17(3)22(29)24-18-11-7-4-5-8-12-18/h6,9-10,13-14,17-18H,4-5,7-8,11-12H2,1-3H3,(H,24,29)/t17-/m1/s1. The lowest BCUT2D eigenvalue weighted by atomic mass is 10.1. The highest BCUT2D eigenvalue weighted by Gasteiger charge is 2.25. The lowest BCUT2D eigenvalue weighted by molar-refractivity contribution is -0.125. The first-order valence-corrected chi connectivity index (χ1v) is 10.8. The van der Waals surface area contributed by atoms with E-state index in [0.717, 1.165) is 37.1 Å². The van der Waals surface area contributed by atoms with Crippen LogP contribution in [0.2, 0.25) is 0 Å². The predicted octanol–water partition coefficient (Wildman–Crippen LogP) is 3.60. The zero-order valence-corrected chi connectivity index (χ0v) is 17.9. The molecule has 0 bridgehead atoms. The summed E-state index contributed by atoms with van der Waals surface area (Å²) in [7, 11) is 0.